The highest BCUT2D eigenvalue weighted by molar-refractivity contribution is 9.10. The third-order valence-corrected chi connectivity index (χ3v) is 3.02. The molecule has 0 unspecified atom stereocenters. The van der Waals surface area contributed by atoms with Crippen LogP contribution >= 0.6 is 15.9 Å². The molecule has 0 aliphatic rings. The largest absolute Gasteiger partial charge is 0.497 e. The van der Waals surface area contributed by atoms with E-state index in [0.717, 1.165) is 21.6 Å². The third kappa shape index (κ3) is 2.79. The summed E-state index contributed by atoms with van der Waals surface area (Å²) in [5, 5.41) is 11.9. The van der Waals surface area contributed by atoms with Crippen LogP contribution in [0.2, 0.25) is 0 Å². The SMILES string of the molecule is COc1ccc(Br)c(Nc2ccc(C#N)nc2)c1. The Bertz CT molecular complexity index is 590. The summed E-state index contributed by atoms with van der Waals surface area (Å²) in [6.07, 6.45) is 1.62. The summed E-state index contributed by atoms with van der Waals surface area (Å²) in [5.74, 6) is 0.766. The quantitative estimate of drug-likeness (QED) is 0.943. The molecular weight excluding hydrogens is 294 g/mol. The average Bonchev–Trinajstić information content (AvgIpc) is 2.42. The number of nitrogens with one attached hydrogen (secondary N) is 1. The van der Waals surface area contributed by atoms with Gasteiger partial charge in [0, 0.05) is 10.5 Å². The third-order valence-electron chi connectivity index (χ3n) is 2.33. The molecule has 1 heterocycles. The second-order valence-corrected chi connectivity index (χ2v) is 4.37. The fourth-order valence-electron chi connectivity index (χ4n) is 1.42. The van der Waals surface area contributed by atoms with Crippen LogP contribution in [-0.4, -0.2) is 12.1 Å². The summed E-state index contributed by atoms with van der Waals surface area (Å²) < 4.78 is 6.09. The molecule has 0 amide bonds. The van der Waals surface area contributed by atoms with Crippen molar-refractivity contribution in [1.29, 1.82) is 5.26 Å². The molecule has 5 heteroatoms. The van der Waals surface area contributed by atoms with E-state index >= 15 is 0 Å². The number of anilines is 2. The molecule has 2 aromatic rings. The fourth-order valence-corrected chi connectivity index (χ4v) is 1.76. The van der Waals surface area contributed by atoms with E-state index in [1.807, 2.05) is 24.3 Å². The molecule has 1 N–H and O–H groups in total. The van der Waals surface area contributed by atoms with E-state index in [1.165, 1.54) is 0 Å². The number of methoxy groups -OCH3 is 1. The first-order valence-corrected chi connectivity index (χ1v) is 5.99. The number of hydrogen-bond donors (Lipinski definition) is 1. The zero-order valence-corrected chi connectivity index (χ0v) is 11.2. The number of aromatic nitrogens is 1. The summed E-state index contributed by atoms with van der Waals surface area (Å²) >= 11 is 3.45. The molecule has 0 spiro atoms. The van der Waals surface area contributed by atoms with Gasteiger partial charge in [-0.2, -0.15) is 5.26 Å². The predicted octanol–water partition coefficient (Wildman–Crippen LogP) is 3.47. The van der Waals surface area contributed by atoms with Gasteiger partial charge >= 0.3 is 0 Å². The lowest BCUT2D eigenvalue weighted by molar-refractivity contribution is 0.415. The molecule has 90 valence electrons. The van der Waals surface area contributed by atoms with Crippen molar-refractivity contribution >= 4 is 27.3 Å². The minimum absolute atomic E-state index is 0.394. The van der Waals surface area contributed by atoms with E-state index in [9.17, 15) is 0 Å². The van der Waals surface area contributed by atoms with Gasteiger partial charge in [-0.3, -0.25) is 0 Å². The summed E-state index contributed by atoms with van der Waals surface area (Å²) in [7, 11) is 1.62. The van der Waals surface area contributed by atoms with Crippen molar-refractivity contribution in [3.63, 3.8) is 0 Å². The van der Waals surface area contributed by atoms with Crippen LogP contribution in [0.15, 0.2) is 41.0 Å². The second kappa shape index (κ2) is 5.52. The van der Waals surface area contributed by atoms with E-state index in [4.69, 9.17) is 10.00 Å². The van der Waals surface area contributed by atoms with Crippen LogP contribution in [0.25, 0.3) is 0 Å². The van der Waals surface area contributed by atoms with Crippen LogP contribution in [0.3, 0.4) is 0 Å². The van der Waals surface area contributed by atoms with Crippen molar-refractivity contribution in [2.45, 2.75) is 0 Å². The van der Waals surface area contributed by atoms with Gasteiger partial charge in [-0.05, 0) is 40.2 Å². The van der Waals surface area contributed by atoms with Gasteiger partial charge in [-0.1, -0.05) is 0 Å². The predicted molar refractivity (Wildman–Crippen MR) is 72.9 cm³/mol. The molecule has 0 aliphatic carbocycles. The van der Waals surface area contributed by atoms with Gasteiger partial charge in [-0.15, -0.1) is 0 Å². The van der Waals surface area contributed by atoms with Crippen LogP contribution in [0.5, 0.6) is 5.75 Å². The van der Waals surface area contributed by atoms with Gasteiger partial charge in [0.1, 0.15) is 17.5 Å². The zero-order valence-electron chi connectivity index (χ0n) is 9.64. The average molecular weight is 304 g/mol. The molecule has 1 aromatic heterocycles. The molecule has 4 nitrogen and oxygen atoms in total. The Morgan fingerprint density at radius 2 is 2.17 bits per heavy atom. The minimum Gasteiger partial charge on any atom is -0.497 e. The summed E-state index contributed by atoms with van der Waals surface area (Å²) in [4.78, 5) is 4.00. The lowest BCUT2D eigenvalue weighted by atomic mass is 10.3. The molecular formula is C13H10BrN3O. The molecule has 0 radical (unpaired) electrons. The van der Waals surface area contributed by atoms with Gasteiger partial charge < -0.3 is 10.1 Å². The topological polar surface area (TPSA) is 57.9 Å². The Morgan fingerprint density at radius 1 is 1.33 bits per heavy atom. The number of ether oxygens (including phenoxy) is 1. The molecule has 0 saturated heterocycles. The second-order valence-electron chi connectivity index (χ2n) is 3.51. The maximum Gasteiger partial charge on any atom is 0.140 e. The maximum atomic E-state index is 8.67. The first-order chi connectivity index (χ1) is 8.72. The van der Waals surface area contributed by atoms with Gasteiger partial charge in [0.2, 0.25) is 0 Å². The minimum atomic E-state index is 0.394. The Morgan fingerprint density at radius 3 is 2.78 bits per heavy atom. The molecule has 0 saturated carbocycles. The molecule has 2 rings (SSSR count). The van der Waals surface area contributed by atoms with Crippen molar-refractivity contribution in [2.75, 3.05) is 12.4 Å². The number of nitrogens with zero attached hydrogens (tertiary/aromatic N) is 2. The Kier molecular flexibility index (Phi) is 3.80. The monoisotopic (exact) mass is 303 g/mol. The fraction of sp³-hybridized carbons (Fsp3) is 0.0769. The Balaban J connectivity index is 2.25. The smallest absolute Gasteiger partial charge is 0.140 e. The van der Waals surface area contributed by atoms with Crippen LogP contribution in [0.1, 0.15) is 5.69 Å². The van der Waals surface area contributed by atoms with E-state index in [0.29, 0.717) is 5.69 Å². The van der Waals surface area contributed by atoms with E-state index in [1.54, 1.807) is 25.4 Å². The first-order valence-electron chi connectivity index (χ1n) is 5.19. The molecule has 0 aliphatic heterocycles. The standard InChI is InChI=1S/C13H10BrN3O/c1-18-11-4-5-12(14)13(6-11)17-10-3-2-9(7-15)16-8-10/h2-6,8,17H,1H3. The van der Waals surface area contributed by atoms with Crippen LogP contribution in [-0.2, 0) is 0 Å². The number of nitriles is 1. The molecule has 0 fully saturated rings. The van der Waals surface area contributed by atoms with Gasteiger partial charge in [-0.25, -0.2) is 4.98 Å². The van der Waals surface area contributed by atoms with Crippen molar-refractivity contribution < 1.29 is 4.74 Å². The highest BCUT2D eigenvalue weighted by Crippen LogP contribution is 2.29. The number of rotatable bonds is 3. The van der Waals surface area contributed by atoms with Gasteiger partial charge in [0.05, 0.1) is 24.7 Å². The maximum absolute atomic E-state index is 8.67. The Hall–Kier alpha value is -2.06. The van der Waals surface area contributed by atoms with Crippen molar-refractivity contribution in [1.82, 2.24) is 4.98 Å². The van der Waals surface area contributed by atoms with Crippen molar-refractivity contribution in [3.8, 4) is 11.8 Å². The van der Waals surface area contributed by atoms with Gasteiger partial charge in [0.25, 0.3) is 0 Å². The lowest BCUT2D eigenvalue weighted by Gasteiger charge is -2.10. The highest BCUT2D eigenvalue weighted by atomic mass is 79.9. The lowest BCUT2D eigenvalue weighted by Crippen LogP contribution is -1.94. The number of halogens is 1. The van der Waals surface area contributed by atoms with Crippen LogP contribution in [0, 0.1) is 11.3 Å². The zero-order chi connectivity index (χ0) is 13.0. The van der Waals surface area contributed by atoms with E-state index in [2.05, 4.69) is 26.2 Å². The molecule has 0 atom stereocenters. The summed E-state index contributed by atoms with van der Waals surface area (Å²) in [6, 6.07) is 11.1. The molecule has 0 bridgehead atoms. The van der Waals surface area contributed by atoms with Crippen LogP contribution in [0.4, 0.5) is 11.4 Å². The number of benzene rings is 1. The normalized spacial score (nSPS) is 9.61. The molecule has 18 heavy (non-hydrogen) atoms. The first kappa shape index (κ1) is 12.4. The summed E-state index contributed by atoms with van der Waals surface area (Å²) in [5.41, 5.74) is 2.08. The van der Waals surface area contributed by atoms with Crippen LogP contribution < -0.4 is 10.1 Å². The van der Waals surface area contributed by atoms with Crippen molar-refractivity contribution in [2.24, 2.45) is 0 Å². The van der Waals surface area contributed by atoms with Crippen molar-refractivity contribution in [3.05, 3.63) is 46.7 Å². The van der Waals surface area contributed by atoms with E-state index in [-0.39, 0.29) is 0 Å². The Labute approximate surface area is 113 Å². The number of hydrogen-bond acceptors (Lipinski definition) is 4. The summed E-state index contributed by atoms with van der Waals surface area (Å²) in [6.45, 7) is 0. The van der Waals surface area contributed by atoms with Gasteiger partial charge in [0.15, 0.2) is 0 Å². The highest BCUT2D eigenvalue weighted by Gasteiger charge is 2.03. The number of pyridine rings is 1. The molecule has 1 aromatic carbocycles. The van der Waals surface area contributed by atoms with E-state index < -0.39 is 0 Å².